The number of hydrogen-bond donors (Lipinski definition) is 2. The van der Waals surface area contributed by atoms with Gasteiger partial charge in [-0.05, 0) is 31.9 Å². The first-order valence-electron chi connectivity index (χ1n) is 6.61. The lowest BCUT2D eigenvalue weighted by atomic mass is 10.1. The van der Waals surface area contributed by atoms with E-state index in [2.05, 4.69) is 4.98 Å². The van der Waals surface area contributed by atoms with Gasteiger partial charge in [-0.15, -0.1) is 0 Å². The summed E-state index contributed by atoms with van der Waals surface area (Å²) >= 11 is 0. The molecule has 6 heteroatoms. The Morgan fingerprint density at radius 1 is 1.40 bits per heavy atom. The molecule has 0 unspecified atom stereocenters. The molecular weight excluding hydrogens is 258 g/mol. The lowest BCUT2D eigenvalue weighted by molar-refractivity contribution is -0.116. The van der Waals surface area contributed by atoms with E-state index in [1.54, 1.807) is 24.8 Å². The fourth-order valence-corrected chi connectivity index (χ4v) is 2.11. The fraction of sp³-hybridized carbons (Fsp3) is 0.500. The van der Waals surface area contributed by atoms with Crippen LogP contribution in [0, 0.1) is 13.8 Å². The van der Waals surface area contributed by atoms with Gasteiger partial charge in [-0.3, -0.25) is 4.79 Å². The Morgan fingerprint density at radius 3 is 2.55 bits per heavy atom. The standard InChI is InChI=1S/C14H21N3O3/c1-4-5-6-17(8-11(15)18)13-12(14(19)20)9(2)7-10(3)16-13/h7H,4-6,8H2,1-3H3,(H2,15,18)(H,19,20). The van der Waals surface area contributed by atoms with Crippen LogP contribution in [-0.4, -0.2) is 35.1 Å². The average Bonchev–Trinajstić information content (AvgIpc) is 2.32. The number of carboxylic acid groups (broad SMARTS) is 1. The Bertz CT molecular complexity index is 515. The molecule has 0 aliphatic heterocycles. The molecule has 1 rings (SSSR count). The molecule has 0 atom stereocenters. The molecule has 0 saturated heterocycles. The first-order valence-corrected chi connectivity index (χ1v) is 6.61. The van der Waals surface area contributed by atoms with Crippen molar-refractivity contribution >= 4 is 17.7 Å². The van der Waals surface area contributed by atoms with E-state index >= 15 is 0 Å². The van der Waals surface area contributed by atoms with Crippen LogP contribution in [0.15, 0.2) is 6.07 Å². The van der Waals surface area contributed by atoms with Crippen molar-refractivity contribution < 1.29 is 14.7 Å². The summed E-state index contributed by atoms with van der Waals surface area (Å²) in [6, 6.07) is 1.72. The molecule has 0 aliphatic carbocycles. The van der Waals surface area contributed by atoms with Crippen LogP contribution in [-0.2, 0) is 4.79 Å². The van der Waals surface area contributed by atoms with Crippen molar-refractivity contribution in [2.24, 2.45) is 5.73 Å². The number of nitrogens with zero attached hydrogens (tertiary/aromatic N) is 2. The largest absolute Gasteiger partial charge is 0.478 e. The zero-order valence-electron chi connectivity index (χ0n) is 12.1. The number of primary amides is 1. The van der Waals surface area contributed by atoms with Crippen molar-refractivity contribution in [3.05, 3.63) is 22.9 Å². The molecule has 0 aromatic carbocycles. The van der Waals surface area contributed by atoms with Crippen molar-refractivity contribution in [2.45, 2.75) is 33.6 Å². The number of amides is 1. The number of aromatic nitrogens is 1. The zero-order valence-corrected chi connectivity index (χ0v) is 12.1. The Kier molecular flexibility index (Phi) is 5.49. The number of aryl methyl sites for hydroxylation is 2. The molecule has 0 aliphatic rings. The molecule has 1 aromatic rings. The van der Waals surface area contributed by atoms with E-state index in [4.69, 9.17) is 5.73 Å². The van der Waals surface area contributed by atoms with E-state index in [9.17, 15) is 14.7 Å². The molecule has 1 heterocycles. The van der Waals surface area contributed by atoms with Gasteiger partial charge in [-0.2, -0.15) is 0 Å². The van der Waals surface area contributed by atoms with E-state index in [-0.39, 0.29) is 12.1 Å². The second kappa shape index (κ2) is 6.88. The van der Waals surface area contributed by atoms with Crippen LogP contribution in [0.1, 0.15) is 41.4 Å². The Balaban J connectivity index is 3.29. The van der Waals surface area contributed by atoms with Crippen molar-refractivity contribution in [1.29, 1.82) is 0 Å². The highest BCUT2D eigenvalue weighted by Gasteiger charge is 2.21. The summed E-state index contributed by atoms with van der Waals surface area (Å²) in [4.78, 5) is 28.6. The van der Waals surface area contributed by atoms with E-state index in [0.717, 1.165) is 12.8 Å². The third-order valence-corrected chi connectivity index (χ3v) is 2.97. The predicted molar refractivity (Wildman–Crippen MR) is 77.0 cm³/mol. The van der Waals surface area contributed by atoms with Crippen molar-refractivity contribution in [3.63, 3.8) is 0 Å². The first-order chi connectivity index (χ1) is 9.36. The smallest absolute Gasteiger partial charge is 0.339 e. The van der Waals surface area contributed by atoms with Gasteiger partial charge in [-0.1, -0.05) is 13.3 Å². The Labute approximate surface area is 118 Å². The second-order valence-electron chi connectivity index (χ2n) is 4.83. The van der Waals surface area contributed by atoms with Gasteiger partial charge in [0.2, 0.25) is 5.91 Å². The highest BCUT2D eigenvalue weighted by atomic mass is 16.4. The van der Waals surface area contributed by atoms with E-state index in [1.807, 2.05) is 6.92 Å². The van der Waals surface area contributed by atoms with Crippen LogP contribution < -0.4 is 10.6 Å². The summed E-state index contributed by atoms with van der Waals surface area (Å²) < 4.78 is 0. The molecule has 1 amide bonds. The number of rotatable bonds is 7. The van der Waals surface area contributed by atoms with Crippen molar-refractivity contribution in [2.75, 3.05) is 18.0 Å². The molecule has 0 spiro atoms. The van der Waals surface area contributed by atoms with Crippen molar-refractivity contribution in [3.8, 4) is 0 Å². The normalized spacial score (nSPS) is 10.3. The SMILES string of the molecule is CCCCN(CC(N)=O)c1nc(C)cc(C)c1C(=O)O. The number of carbonyl (C=O) groups is 2. The van der Waals surface area contributed by atoms with Crippen LogP contribution in [0.3, 0.4) is 0 Å². The number of nitrogens with two attached hydrogens (primary N) is 1. The molecule has 0 fully saturated rings. The topological polar surface area (TPSA) is 96.5 Å². The van der Waals surface area contributed by atoms with Crippen LogP contribution in [0.2, 0.25) is 0 Å². The predicted octanol–water partition coefficient (Wildman–Crippen LogP) is 1.49. The van der Waals surface area contributed by atoms with Crippen LogP contribution in [0.25, 0.3) is 0 Å². The zero-order chi connectivity index (χ0) is 15.3. The average molecular weight is 279 g/mol. The lowest BCUT2D eigenvalue weighted by Gasteiger charge is -2.24. The fourth-order valence-electron chi connectivity index (χ4n) is 2.11. The molecule has 110 valence electrons. The molecule has 3 N–H and O–H groups in total. The summed E-state index contributed by atoms with van der Waals surface area (Å²) in [5.41, 5.74) is 6.73. The number of unbranched alkanes of at least 4 members (excludes halogenated alkanes) is 1. The van der Waals surface area contributed by atoms with Gasteiger partial charge < -0.3 is 15.7 Å². The highest BCUT2D eigenvalue weighted by Crippen LogP contribution is 2.23. The Hall–Kier alpha value is -2.11. The summed E-state index contributed by atoms with van der Waals surface area (Å²) in [5, 5.41) is 9.36. The van der Waals surface area contributed by atoms with Crippen LogP contribution >= 0.6 is 0 Å². The number of carboxylic acids is 1. The van der Waals surface area contributed by atoms with Gasteiger partial charge in [0.25, 0.3) is 0 Å². The van der Waals surface area contributed by atoms with E-state index in [0.29, 0.717) is 23.6 Å². The van der Waals surface area contributed by atoms with Crippen molar-refractivity contribution in [1.82, 2.24) is 4.98 Å². The molecular formula is C14H21N3O3. The third kappa shape index (κ3) is 3.94. The maximum absolute atomic E-state index is 11.4. The molecule has 0 saturated carbocycles. The molecule has 0 bridgehead atoms. The third-order valence-electron chi connectivity index (χ3n) is 2.97. The highest BCUT2D eigenvalue weighted by molar-refractivity contribution is 5.95. The van der Waals surface area contributed by atoms with Gasteiger partial charge >= 0.3 is 5.97 Å². The van der Waals surface area contributed by atoms with Crippen LogP contribution in [0.5, 0.6) is 0 Å². The Morgan fingerprint density at radius 2 is 2.05 bits per heavy atom. The quantitative estimate of drug-likeness (QED) is 0.788. The molecule has 1 aromatic heterocycles. The minimum atomic E-state index is -1.05. The van der Waals surface area contributed by atoms with Gasteiger partial charge in [0.05, 0.1) is 6.54 Å². The monoisotopic (exact) mass is 279 g/mol. The number of aromatic carboxylic acids is 1. The maximum atomic E-state index is 11.4. The van der Waals surface area contributed by atoms with Gasteiger partial charge in [0.15, 0.2) is 0 Å². The minimum Gasteiger partial charge on any atom is -0.478 e. The molecule has 20 heavy (non-hydrogen) atoms. The van der Waals surface area contributed by atoms with Crippen LogP contribution in [0.4, 0.5) is 5.82 Å². The lowest BCUT2D eigenvalue weighted by Crippen LogP contribution is -2.36. The second-order valence-corrected chi connectivity index (χ2v) is 4.83. The maximum Gasteiger partial charge on any atom is 0.339 e. The van der Waals surface area contributed by atoms with E-state index < -0.39 is 11.9 Å². The summed E-state index contributed by atoms with van der Waals surface area (Å²) in [6.07, 6.45) is 1.77. The summed E-state index contributed by atoms with van der Waals surface area (Å²) in [7, 11) is 0. The minimum absolute atomic E-state index is 0.0316. The molecule has 6 nitrogen and oxygen atoms in total. The van der Waals surface area contributed by atoms with Gasteiger partial charge in [-0.25, -0.2) is 9.78 Å². The number of carbonyl (C=O) groups excluding carboxylic acids is 1. The number of pyridine rings is 1. The van der Waals surface area contributed by atoms with E-state index in [1.165, 1.54) is 0 Å². The van der Waals surface area contributed by atoms with Gasteiger partial charge in [0, 0.05) is 12.2 Å². The molecule has 0 radical (unpaired) electrons. The number of anilines is 1. The summed E-state index contributed by atoms with van der Waals surface area (Å²) in [5.74, 6) is -1.23. The summed E-state index contributed by atoms with van der Waals surface area (Å²) in [6.45, 7) is 6.07. The first kappa shape index (κ1) is 15.9. The number of hydrogen-bond acceptors (Lipinski definition) is 4. The van der Waals surface area contributed by atoms with Gasteiger partial charge in [0.1, 0.15) is 11.4 Å².